The van der Waals surface area contributed by atoms with Crippen LogP contribution in [-0.2, 0) is 10.0 Å². The maximum Gasteiger partial charge on any atom is 0.263 e. The molecule has 142 valence electrons. The van der Waals surface area contributed by atoms with Crippen LogP contribution in [0.4, 0.5) is 16.5 Å². The van der Waals surface area contributed by atoms with Crippen LogP contribution in [0.15, 0.2) is 52.9 Å². The molecule has 0 amide bonds. The first-order valence-electron chi connectivity index (χ1n) is 8.14. The van der Waals surface area contributed by atoms with E-state index in [1.807, 2.05) is 4.90 Å². The van der Waals surface area contributed by atoms with Gasteiger partial charge in [-0.15, -0.1) is 11.3 Å². The molecule has 0 unspecified atom stereocenters. The molecule has 0 aliphatic carbocycles. The van der Waals surface area contributed by atoms with Gasteiger partial charge in [0.2, 0.25) is 0 Å². The Labute approximate surface area is 170 Å². The predicted molar refractivity (Wildman–Crippen MR) is 108 cm³/mol. The van der Waals surface area contributed by atoms with Gasteiger partial charge in [0.1, 0.15) is 18.4 Å². The molecular formula is C18H13ClN4O3S2. The average molecular weight is 433 g/mol. The summed E-state index contributed by atoms with van der Waals surface area (Å²) in [5, 5.41) is 11.9. The highest BCUT2D eigenvalue weighted by atomic mass is 35.5. The average Bonchev–Trinajstić information content (AvgIpc) is 3.19. The van der Waals surface area contributed by atoms with Crippen LogP contribution < -0.4 is 14.4 Å². The fourth-order valence-electron chi connectivity index (χ4n) is 2.90. The van der Waals surface area contributed by atoms with E-state index in [0.29, 0.717) is 46.0 Å². The maximum atomic E-state index is 12.6. The third-order valence-electron chi connectivity index (χ3n) is 4.13. The number of fused-ring (bicyclic) bond motifs is 1. The highest BCUT2D eigenvalue weighted by molar-refractivity contribution is 7.93. The number of ether oxygens (including phenoxy) is 1. The molecule has 4 rings (SSSR count). The lowest BCUT2D eigenvalue weighted by Gasteiger charge is -2.32. The van der Waals surface area contributed by atoms with Crippen LogP contribution in [0.5, 0.6) is 5.75 Å². The highest BCUT2D eigenvalue weighted by Crippen LogP contribution is 2.40. The molecule has 2 heterocycles. The Bertz CT molecular complexity index is 1170. The first-order valence-corrected chi connectivity index (χ1v) is 10.9. The van der Waals surface area contributed by atoms with Crippen molar-refractivity contribution in [2.24, 2.45) is 0 Å². The van der Waals surface area contributed by atoms with Crippen molar-refractivity contribution >= 4 is 49.5 Å². The van der Waals surface area contributed by atoms with Gasteiger partial charge in [-0.05, 0) is 30.3 Å². The van der Waals surface area contributed by atoms with Crippen molar-refractivity contribution in [1.82, 2.24) is 4.98 Å². The first-order chi connectivity index (χ1) is 13.5. The quantitative estimate of drug-likeness (QED) is 0.669. The lowest BCUT2D eigenvalue weighted by Crippen LogP contribution is -2.29. The van der Waals surface area contributed by atoms with Gasteiger partial charge in [-0.3, -0.25) is 4.72 Å². The van der Waals surface area contributed by atoms with E-state index >= 15 is 0 Å². The zero-order valence-corrected chi connectivity index (χ0v) is 16.7. The van der Waals surface area contributed by atoms with Crippen LogP contribution in [0.2, 0.25) is 5.02 Å². The van der Waals surface area contributed by atoms with Gasteiger partial charge in [0.25, 0.3) is 10.0 Å². The summed E-state index contributed by atoms with van der Waals surface area (Å²) in [5.74, 6) is 0.423. The molecule has 7 nitrogen and oxygen atoms in total. The van der Waals surface area contributed by atoms with Crippen LogP contribution in [0, 0.1) is 11.3 Å². The molecule has 10 heteroatoms. The Morgan fingerprint density at radius 1 is 1.25 bits per heavy atom. The number of nitriles is 1. The third-order valence-corrected chi connectivity index (χ3v) is 6.52. The minimum atomic E-state index is -3.79. The van der Waals surface area contributed by atoms with Crippen molar-refractivity contribution in [3.05, 3.63) is 58.6 Å². The number of nitrogens with zero attached hydrogens (tertiary/aromatic N) is 3. The molecule has 0 radical (unpaired) electrons. The summed E-state index contributed by atoms with van der Waals surface area (Å²) in [6, 6.07) is 11.9. The van der Waals surface area contributed by atoms with Gasteiger partial charge in [-0.2, -0.15) is 5.26 Å². The van der Waals surface area contributed by atoms with Crippen LogP contribution in [0.3, 0.4) is 0 Å². The van der Waals surface area contributed by atoms with Gasteiger partial charge in [-0.25, -0.2) is 13.4 Å². The molecule has 0 atom stereocenters. The van der Waals surface area contributed by atoms with Crippen molar-refractivity contribution in [2.45, 2.75) is 4.90 Å². The van der Waals surface area contributed by atoms with Gasteiger partial charge >= 0.3 is 0 Å². The molecule has 3 aromatic rings. The number of hydrogen-bond acceptors (Lipinski definition) is 7. The second kappa shape index (κ2) is 7.31. The fourth-order valence-corrected chi connectivity index (χ4v) is 4.87. The molecule has 2 aromatic carbocycles. The summed E-state index contributed by atoms with van der Waals surface area (Å²) >= 11 is 7.19. The number of hydrogen-bond donors (Lipinski definition) is 1. The van der Waals surface area contributed by atoms with E-state index in [2.05, 4.69) is 15.8 Å². The number of thiazole rings is 1. The van der Waals surface area contributed by atoms with E-state index < -0.39 is 10.0 Å². The molecule has 1 aliphatic rings. The lowest BCUT2D eigenvalue weighted by atomic mass is 10.1. The monoisotopic (exact) mass is 432 g/mol. The van der Waals surface area contributed by atoms with E-state index in [1.165, 1.54) is 29.7 Å². The van der Waals surface area contributed by atoms with Crippen molar-refractivity contribution in [1.29, 1.82) is 5.26 Å². The Morgan fingerprint density at radius 3 is 2.82 bits per heavy atom. The molecule has 0 spiro atoms. The normalized spacial score (nSPS) is 13.4. The summed E-state index contributed by atoms with van der Waals surface area (Å²) in [5.41, 5.74) is 1.80. The fraction of sp³-hybridized carbons (Fsp3) is 0.111. The van der Waals surface area contributed by atoms with E-state index in [0.717, 1.165) is 0 Å². The second-order valence-corrected chi connectivity index (χ2v) is 8.86. The Hall–Kier alpha value is -2.80. The van der Waals surface area contributed by atoms with Crippen molar-refractivity contribution in [3.63, 3.8) is 0 Å². The molecule has 1 aromatic heterocycles. The molecule has 0 fully saturated rings. The predicted octanol–water partition coefficient (Wildman–Crippen LogP) is 4.00. The number of aromatic nitrogens is 1. The zero-order valence-electron chi connectivity index (χ0n) is 14.3. The van der Waals surface area contributed by atoms with Gasteiger partial charge in [0.05, 0.1) is 28.4 Å². The standard InChI is InChI=1S/C18H13ClN4O3S2/c19-13-1-3-15(12(9-13)11-20)23-6-7-26-17-10-14(2-4-16(17)23)28(24,25)22-18-21-5-8-27-18/h1-5,8-10H,6-7H2,(H,21,22). The van der Waals surface area contributed by atoms with Gasteiger partial charge < -0.3 is 9.64 Å². The number of benzene rings is 2. The van der Waals surface area contributed by atoms with E-state index in [-0.39, 0.29) is 4.90 Å². The minimum Gasteiger partial charge on any atom is -0.489 e. The van der Waals surface area contributed by atoms with Crippen molar-refractivity contribution < 1.29 is 13.2 Å². The topological polar surface area (TPSA) is 95.3 Å². The smallest absolute Gasteiger partial charge is 0.263 e. The Balaban J connectivity index is 1.71. The van der Waals surface area contributed by atoms with E-state index in [9.17, 15) is 13.7 Å². The number of halogens is 1. The van der Waals surface area contributed by atoms with E-state index in [1.54, 1.807) is 29.6 Å². The number of anilines is 3. The Morgan fingerprint density at radius 2 is 2.07 bits per heavy atom. The third kappa shape index (κ3) is 3.49. The van der Waals surface area contributed by atoms with Gasteiger partial charge in [-0.1, -0.05) is 11.6 Å². The first kappa shape index (κ1) is 18.6. The summed E-state index contributed by atoms with van der Waals surface area (Å²) in [6.45, 7) is 0.872. The molecule has 0 bridgehead atoms. The molecule has 1 aliphatic heterocycles. The lowest BCUT2D eigenvalue weighted by molar-refractivity contribution is 0.313. The van der Waals surface area contributed by atoms with Gasteiger partial charge in [0.15, 0.2) is 5.13 Å². The van der Waals surface area contributed by atoms with Gasteiger partial charge in [0, 0.05) is 22.7 Å². The maximum absolute atomic E-state index is 12.6. The summed E-state index contributed by atoms with van der Waals surface area (Å²) in [7, 11) is -3.79. The molecular weight excluding hydrogens is 420 g/mol. The number of nitrogens with one attached hydrogen (secondary N) is 1. The largest absolute Gasteiger partial charge is 0.489 e. The number of sulfonamides is 1. The van der Waals surface area contributed by atoms with Crippen LogP contribution in [0.25, 0.3) is 0 Å². The summed E-state index contributed by atoms with van der Waals surface area (Å²) in [6.07, 6.45) is 1.52. The Kier molecular flexibility index (Phi) is 4.85. The van der Waals surface area contributed by atoms with Crippen LogP contribution in [0.1, 0.15) is 5.56 Å². The summed E-state index contributed by atoms with van der Waals surface area (Å²) < 4.78 is 33.3. The molecule has 1 N–H and O–H groups in total. The highest BCUT2D eigenvalue weighted by Gasteiger charge is 2.25. The number of rotatable bonds is 4. The van der Waals surface area contributed by atoms with Crippen molar-refractivity contribution in [3.8, 4) is 11.8 Å². The minimum absolute atomic E-state index is 0.0694. The molecule has 28 heavy (non-hydrogen) atoms. The van der Waals surface area contributed by atoms with E-state index in [4.69, 9.17) is 16.3 Å². The van der Waals surface area contributed by atoms with Crippen LogP contribution in [-0.4, -0.2) is 26.6 Å². The SMILES string of the molecule is N#Cc1cc(Cl)ccc1N1CCOc2cc(S(=O)(=O)Nc3nccs3)ccc21. The second-order valence-electron chi connectivity index (χ2n) is 5.85. The summed E-state index contributed by atoms with van der Waals surface area (Å²) in [4.78, 5) is 5.92. The zero-order chi connectivity index (χ0) is 19.7. The molecule has 0 saturated heterocycles. The van der Waals surface area contributed by atoms with Crippen LogP contribution >= 0.6 is 22.9 Å². The molecule has 0 saturated carbocycles. The van der Waals surface area contributed by atoms with Crippen molar-refractivity contribution in [2.75, 3.05) is 22.8 Å².